The van der Waals surface area contributed by atoms with Gasteiger partial charge >= 0.3 is 51.4 Å². The molecule has 1 heterocycles. The van der Waals surface area contributed by atoms with Crippen LogP contribution in [-0.4, -0.2) is 23.4 Å². The molecular weight excluding hydrogens is 417 g/mol. The number of nitrogens with zero attached hydrogens (tertiary/aromatic N) is 1. The summed E-state index contributed by atoms with van der Waals surface area (Å²) in [4.78, 5) is 24.0. The summed E-state index contributed by atoms with van der Waals surface area (Å²) >= 11 is 5.84. The molecule has 0 spiro atoms. The molecule has 0 saturated heterocycles. The summed E-state index contributed by atoms with van der Waals surface area (Å²) in [6, 6.07) is 15.0. The molecule has 0 aliphatic carbocycles. The van der Waals surface area contributed by atoms with Crippen LogP contribution >= 0.6 is 11.6 Å². The molecule has 1 aromatic heterocycles. The standard InChI is InChI=1S/C22H18ClNO4.K/c1-28-18-10-7-16(8-11-18)21(25)20-5-3-13-24(20)12-2-4-15-6-9-17(23)14-19(15)22(26)27;/h2-11,13-14H,12H2,1H3,(H,26,27);/q;+1/p-1/b4-2+;. The summed E-state index contributed by atoms with van der Waals surface area (Å²) in [5.41, 5.74) is 1.60. The number of aromatic carboxylic acids is 1. The second-order valence-electron chi connectivity index (χ2n) is 6.02. The number of carboxylic acids is 1. The van der Waals surface area contributed by atoms with Gasteiger partial charge in [0.25, 0.3) is 0 Å². The van der Waals surface area contributed by atoms with Crippen molar-refractivity contribution in [2.45, 2.75) is 6.54 Å². The maximum atomic E-state index is 12.8. The molecule has 0 aliphatic heterocycles. The van der Waals surface area contributed by atoms with Crippen LogP contribution in [0.4, 0.5) is 0 Å². The first-order valence-corrected chi connectivity index (χ1v) is 8.88. The van der Waals surface area contributed by atoms with E-state index in [1.807, 2.05) is 0 Å². The van der Waals surface area contributed by atoms with Crippen molar-refractivity contribution in [3.8, 4) is 5.75 Å². The third-order valence-corrected chi connectivity index (χ3v) is 4.48. The van der Waals surface area contributed by atoms with Crippen LogP contribution in [0.2, 0.25) is 5.02 Å². The number of hydrogen-bond donors (Lipinski definition) is 0. The topological polar surface area (TPSA) is 71.4 Å². The smallest absolute Gasteiger partial charge is 0.545 e. The Morgan fingerprint density at radius 2 is 1.86 bits per heavy atom. The Bertz CT molecular complexity index is 1040. The number of carbonyl (C=O) groups is 2. The number of ketones is 1. The van der Waals surface area contributed by atoms with Gasteiger partial charge in [0.15, 0.2) is 0 Å². The number of carbonyl (C=O) groups excluding carboxylic acids is 2. The molecular formula is C22H17ClKNO4. The van der Waals surface area contributed by atoms with Crippen LogP contribution in [-0.2, 0) is 6.54 Å². The summed E-state index contributed by atoms with van der Waals surface area (Å²) < 4.78 is 6.90. The van der Waals surface area contributed by atoms with Gasteiger partial charge in [-0.15, -0.1) is 0 Å². The summed E-state index contributed by atoms with van der Waals surface area (Å²) in [6.07, 6.45) is 5.24. The van der Waals surface area contributed by atoms with Gasteiger partial charge in [-0.3, -0.25) is 4.79 Å². The van der Waals surface area contributed by atoms with Gasteiger partial charge in [-0.25, -0.2) is 0 Å². The zero-order chi connectivity index (χ0) is 20.1. The van der Waals surface area contributed by atoms with E-state index < -0.39 is 5.97 Å². The molecule has 0 fully saturated rings. The SMILES string of the molecule is COc1ccc(C(=O)c2cccn2C/C=C/c2ccc(Cl)cc2C(=O)[O-])cc1.[K+]. The van der Waals surface area contributed by atoms with E-state index >= 15 is 0 Å². The second kappa shape index (κ2) is 10.9. The van der Waals surface area contributed by atoms with E-state index in [4.69, 9.17) is 16.3 Å². The number of aromatic nitrogens is 1. The van der Waals surface area contributed by atoms with Crippen molar-refractivity contribution in [3.63, 3.8) is 0 Å². The number of halogens is 1. The molecule has 0 saturated carbocycles. The Balaban J connectivity index is 0.00000300. The van der Waals surface area contributed by atoms with Crippen LogP contribution < -0.4 is 61.2 Å². The summed E-state index contributed by atoms with van der Waals surface area (Å²) in [5.74, 6) is -0.719. The van der Waals surface area contributed by atoms with Crippen LogP contribution in [0.15, 0.2) is 66.9 Å². The number of methoxy groups -OCH3 is 1. The minimum atomic E-state index is -1.29. The molecule has 0 atom stereocenters. The Hall–Kier alpha value is -1.67. The van der Waals surface area contributed by atoms with Crippen molar-refractivity contribution in [1.29, 1.82) is 0 Å². The third-order valence-electron chi connectivity index (χ3n) is 4.25. The fraction of sp³-hybridized carbons (Fsp3) is 0.0909. The molecule has 0 aliphatic rings. The number of benzene rings is 2. The van der Waals surface area contributed by atoms with Crippen molar-refractivity contribution in [3.05, 3.63) is 94.3 Å². The fourth-order valence-corrected chi connectivity index (χ4v) is 2.99. The van der Waals surface area contributed by atoms with Crippen LogP contribution in [0.5, 0.6) is 5.75 Å². The van der Waals surface area contributed by atoms with Crippen molar-refractivity contribution >= 4 is 29.4 Å². The van der Waals surface area contributed by atoms with Gasteiger partial charge in [0.2, 0.25) is 5.78 Å². The molecule has 0 bridgehead atoms. The Labute approximate surface area is 216 Å². The fourth-order valence-electron chi connectivity index (χ4n) is 2.81. The van der Waals surface area contributed by atoms with Crippen LogP contribution in [0.25, 0.3) is 6.08 Å². The second-order valence-corrected chi connectivity index (χ2v) is 6.46. The molecule has 0 unspecified atom stereocenters. The van der Waals surface area contributed by atoms with Crippen molar-refractivity contribution in [2.24, 2.45) is 0 Å². The predicted molar refractivity (Wildman–Crippen MR) is 106 cm³/mol. The molecule has 0 radical (unpaired) electrons. The molecule has 142 valence electrons. The van der Waals surface area contributed by atoms with E-state index in [1.165, 1.54) is 6.07 Å². The van der Waals surface area contributed by atoms with E-state index in [0.29, 0.717) is 34.1 Å². The average molecular weight is 434 g/mol. The van der Waals surface area contributed by atoms with Crippen LogP contribution in [0, 0.1) is 0 Å². The molecule has 0 N–H and O–H groups in total. The van der Waals surface area contributed by atoms with Crippen molar-refractivity contribution < 1.29 is 70.8 Å². The summed E-state index contributed by atoms with van der Waals surface area (Å²) in [5, 5.41) is 11.6. The average Bonchev–Trinajstić information content (AvgIpc) is 3.17. The number of rotatable bonds is 7. The summed E-state index contributed by atoms with van der Waals surface area (Å²) in [7, 11) is 1.57. The molecule has 3 aromatic rings. The first kappa shape index (κ1) is 23.6. The normalized spacial score (nSPS) is 10.6. The quantitative estimate of drug-likeness (QED) is 0.401. The number of allylic oxidation sites excluding steroid dienone is 1. The molecule has 7 heteroatoms. The number of carboxylic acid groups (broad SMARTS) is 1. The Kier molecular flexibility index (Phi) is 8.89. The minimum Gasteiger partial charge on any atom is -0.545 e. The monoisotopic (exact) mass is 433 g/mol. The molecule has 3 rings (SSSR count). The van der Waals surface area contributed by atoms with Gasteiger partial charge in [-0.2, -0.15) is 0 Å². The van der Waals surface area contributed by atoms with Gasteiger partial charge in [-0.05, 0) is 54.1 Å². The van der Waals surface area contributed by atoms with Crippen molar-refractivity contribution in [2.75, 3.05) is 7.11 Å². The Morgan fingerprint density at radius 3 is 2.52 bits per heavy atom. The Morgan fingerprint density at radius 1 is 1.14 bits per heavy atom. The van der Waals surface area contributed by atoms with E-state index in [0.717, 1.165) is 0 Å². The zero-order valence-corrected chi connectivity index (χ0v) is 20.0. The minimum absolute atomic E-state index is 0. The maximum absolute atomic E-state index is 12.8. The van der Waals surface area contributed by atoms with Crippen LogP contribution in [0.1, 0.15) is 32.0 Å². The first-order valence-electron chi connectivity index (χ1n) is 8.51. The van der Waals surface area contributed by atoms with Gasteiger partial charge in [0, 0.05) is 28.9 Å². The number of ether oxygens (including phenoxy) is 1. The molecule has 29 heavy (non-hydrogen) atoms. The van der Waals surface area contributed by atoms with Crippen molar-refractivity contribution in [1.82, 2.24) is 4.57 Å². The van der Waals surface area contributed by atoms with Gasteiger partial charge in [0.05, 0.1) is 18.8 Å². The van der Waals surface area contributed by atoms with E-state index in [-0.39, 0.29) is 62.7 Å². The van der Waals surface area contributed by atoms with Gasteiger partial charge in [-0.1, -0.05) is 29.8 Å². The predicted octanol–water partition coefficient (Wildman–Crippen LogP) is 0.462. The zero-order valence-electron chi connectivity index (χ0n) is 16.1. The molecule has 2 aromatic carbocycles. The van der Waals surface area contributed by atoms with Gasteiger partial charge in [0.1, 0.15) is 5.75 Å². The van der Waals surface area contributed by atoms with E-state index in [9.17, 15) is 14.7 Å². The van der Waals surface area contributed by atoms with E-state index in [2.05, 4.69) is 0 Å². The van der Waals surface area contributed by atoms with Crippen LogP contribution in [0.3, 0.4) is 0 Å². The maximum Gasteiger partial charge on any atom is 1.00 e. The third kappa shape index (κ3) is 5.91. The number of hydrogen-bond acceptors (Lipinski definition) is 4. The molecule has 0 amide bonds. The summed E-state index contributed by atoms with van der Waals surface area (Å²) in [6.45, 7) is 0.402. The van der Waals surface area contributed by atoms with Gasteiger partial charge < -0.3 is 19.2 Å². The largest absolute Gasteiger partial charge is 1.00 e. The van der Waals surface area contributed by atoms with E-state index in [1.54, 1.807) is 78.6 Å². The first-order chi connectivity index (χ1) is 13.5. The molecule has 5 nitrogen and oxygen atoms in total.